The van der Waals surface area contributed by atoms with Crippen molar-refractivity contribution in [1.29, 1.82) is 0 Å². The number of hydrogen-bond donors (Lipinski definition) is 0. The number of carbonyl (C=O) groups is 3. The number of pyridine rings is 2. The summed E-state index contributed by atoms with van der Waals surface area (Å²) in [7, 11) is 1.32. The highest BCUT2D eigenvalue weighted by molar-refractivity contribution is 5.85. The number of methoxy groups -OCH3 is 1. The van der Waals surface area contributed by atoms with Crippen molar-refractivity contribution in [2.75, 3.05) is 33.3 Å². The van der Waals surface area contributed by atoms with Gasteiger partial charge in [0.15, 0.2) is 0 Å². The van der Waals surface area contributed by atoms with E-state index in [4.69, 9.17) is 4.74 Å². The van der Waals surface area contributed by atoms with Gasteiger partial charge in [-0.2, -0.15) is 0 Å². The van der Waals surface area contributed by atoms with Gasteiger partial charge < -0.3 is 19.3 Å². The maximum Gasteiger partial charge on any atom is 0.307 e. The molecule has 0 saturated carbocycles. The molecule has 170 valence electrons. The number of ether oxygens (including phenoxy) is 2. The summed E-state index contributed by atoms with van der Waals surface area (Å²) in [4.78, 5) is 48.5. The highest BCUT2D eigenvalue weighted by atomic mass is 16.5. The third-order valence-corrected chi connectivity index (χ3v) is 5.28. The first-order valence-corrected chi connectivity index (χ1v) is 10.6. The maximum atomic E-state index is 12.9. The number of hydrogen-bond acceptors (Lipinski definition) is 7. The van der Waals surface area contributed by atoms with Crippen LogP contribution in [0.3, 0.4) is 0 Å². The van der Waals surface area contributed by atoms with Crippen molar-refractivity contribution in [3.63, 3.8) is 0 Å². The van der Waals surface area contributed by atoms with Crippen molar-refractivity contribution in [2.24, 2.45) is 0 Å². The number of rotatable bonds is 9. The Hall–Kier alpha value is -3.33. The van der Waals surface area contributed by atoms with Crippen LogP contribution in [0.4, 0.5) is 0 Å². The molecule has 2 amide bonds. The molecule has 0 aromatic carbocycles. The Balaban J connectivity index is 1.65. The Labute approximate surface area is 187 Å². The quantitative estimate of drug-likeness (QED) is 0.541. The first-order valence-electron chi connectivity index (χ1n) is 10.6. The smallest absolute Gasteiger partial charge is 0.307 e. The molecule has 3 heterocycles. The molecule has 32 heavy (non-hydrogen) atoms. The molecule has 3 rings (SSSR count). The molecule has 9 heteroatoms. The molecule has 2 aromatic rings. The standard InChI is InChI=1S/C23H28N4O5/c1-31-23(30)8-12-26-14-20(32-17-19-6-10-24-11-7-19)15-27(16-22(26)29)21(28)5-4-18-3-2-9-25-13-18/h2-3,6-7,9-11,13,20H,4-5,8,12,14-17H2,1H3. The van der Waals surface area contributed by atoms with Gasteiger partial charge in [0.05, 0.1) is 32.8 Å². The lowest BCUT2D eigenvalue weighted by atomic mass is 10.1. The van der Waals surface area contributed by atoms with E-state index in [1.807, 2.05) is 24.3 Å². The average molecular weight is 441 g/mol. The topological polar surface area (TPSA) is 102 Å². The molecule has 0 bridgehead atoms. The summed E-state index contributed by atoms with van der Waals surface area (Å²) >= 11 is 0. The van der Waals surface area contributed by atoms with Gasteiger partial charge in [-0.1, -0.05) is 6.07 Å². The summed E-state index contributed by atoms with van der Waals surface area (Å²) in [6.45, 7) is 1.12. The lowest BCUT2D eigenvalue weighted by molar-refractivity contribution is -0.142. The summed E-state index contributed by atoms with van der Waals surface area (Å²) in [5, 5.41) is 0. The lowest BCUT2D eigenvalue weighted by Crippen LogP contribution is -2.40. The molecular weight excluding hydrogens is 412 g/mol. The molecule has 0 N–H and O–H groups in total. The van der Waals surface area contributed by atoms with Crippen LogP contribution >= 0.6 is 0 Å². The molecule has 1 atom stereocenters. The summed E-state index contributed by atoms with van der Waals surface area (Å²) in [6.07, 6.45) is 7.33. The Morgan fingerprint density at radius 2 is 1.88 bits per heavy atom. The van der Waals surface area contributed by atoms with E-state index in [1.165, 1.54) is 7.11 Å². The number of carbonyl (C=O) groups excluding carboxylic acids is 3. The van der Waals surface area contributed by atoms with Gasteiger partial charge in [0.2, 0.25) is 11.8 Å². The number of esters is 1. The van der Waals surface area contributed by atoms with Crippen LogP contribution in [0.1, 0.15) is 24.0 Å². The van der Waals surface area contributed by atoms with E-state index in [9.17, 15) is 14.4 Å². The van der Waals surface area contributed by atoms with Gasteiger partial charge in [-0.15, -0.1) is 0 Å². The normalized spacial score (nSPS) is 16.5. The molecule has 0 radical (unpaired) electrons. The zero-order valence-electron chi connectivity index (χ0n) is 18.2. The van der Waals surface area contributed by atoms with Crippen molar-refractivity contribution >= 4 is 17.8 Å². The van der Waals surface area contributed by atoms with E-state index in [1.54, 1.807) is 34.6 Å². The van der Waals surface area contributed by atoms with Gasteiger partial charge in [0.1, 0.15) is 0 Å². The largest absolute Gasteiger partial charge is 0.469 e. The minimum absolute atomic E-state index is 0.0395. The number of amides is 2. The number of nitrogens with zero attached hydrogens (tertiary/aromatic N) is 4. The van der Waals surface area contributed by atoms with Crippen LogP contribution in [-0.4, -0.2) is 76.9 Å². The van der Waals surface area contributed by atoms with Crippen LogP contribution in [0.2, 0.25) is 0 Å². The SMILES string of the molecule is COC(=O)CCN1CC(OCc2ccncc2)CN(C(=O)CCc2cccnc2)CC1=O. The Bertz CT molecular complexity index is 894. The van der Waals surface area contributed by atoms with Crippen molar-refractivity contribution in [3.8, 4) is 0 Å². The van der Waals surface area contributed by atoms with Gasteiger partial charge in [-0.3, -0.25) is 24.4 Å². The van der Waals surface area contributed by atoms with E-state index >= 15 is 0 Å². The second kappa shape index (κ2) is 11.9. The fourth-order valence-corrected chi connectivity index (χ4v) is 3.47. The molecule has 1 unspecified atom stereocenters. The van der Waals surface area contributed by atoms with E-state index in [0.29, 0.717) is 26.1 Å². The molecule has 1 fully saturated rings. The van der Waals surface area contributed by atoms with Crippen LogP contribution in [0.15, 0.2) is 49.1 Å². The molecule has 1 saturated heterocycles. The van der Waals surface area contributed by atoms with Crippen LogP contribution in [0.25, 0.3) is 0 Å². The van der Waals surface area contributed by atoms with Gasteiger partial charge in [-0.25, -0.2) is 0 Å². The Kier molecular flexibility index (Phi) is 8.68. The van der Waals surface area contributed by atoms with Gasteiger partial charge in [0, 0.05) is 50.8 Å². The summed E-state index contributed by atoms with van der Waals surface area (Å²) in [6, 6.07) is 7.46. The fraction of sp³-hybridized carbons (Fsp3) is 0.435. The van der Waals surface area contributed by atoms with Crippen molar-refractivity contribution in [3.05, 3.63) is 60.2 Å². The summed E-state index contributed by atoms with van der Waals surface area (Å²) < 4.78 is 10.8. The molecule has 2 aromatic heterocycles. The van der Waals surface area contributed by atoms with Gasteiger partial charge in [-0.05, 0) is 35.7 Å². The lowest BCUT2D eigenvalue weighted by Gasteiger charge is -2.24. The third-order valence-electron chi connectivity index (χ3n) is 5.28. The highest BCUT2D eigenvalue weighted by Gasteiger charge is 2.31. The van der Waals surface area contributed by atoms with Gasteiger partial charge >= 0.3 is 5.97 Å². The highest BCUT2D eigenvalue weighted by Crippen LogP contribution is 2.14. The van der Waals surface area contributed by atoms with Crippen molar-refractivity contribution in [1.82, 2.24) is 19.8 Å². The molecule has 0 aliphatic carbocycles. The second-order valence-corrected chi connectivity index (χ2v) is 7.59. The molecule has 9 nitrogen and oxygen atoms in total. The van der Waals surface area contributed by atoms with E-state index < -0.39 is 0 Å². The van der Waals surface area contributed by atoms with Gasteiger partial charge in [0.25, 0.3) is 0 Å². The van der Waals surface area contributed by atoms with E-state index in [-0.39, 0.29) is 49.8 Å². The second-order valence-electron chi connectivity index (χ2n) is 7.59. The zero-order chi connectivity index (χ0) is 22.8. The predicted octanol–water partition coefficient (Wildman–Crippen LogP) is 1.23. The van der Waals surface area contributed by atoms with Crippen LogP contribution < -0.4 is 0 Å². The zero-order valence-corrected chi connectivity index (χ0v) is 18.2. The van der Waals surface area contributed by atoms with Crippen LogP contribution in [0, 0.1) is 0 Å². The summed E-state index contributed by atoms with van der Waals surface area (Å²) in [5.74, 6) is -0.714. The third kappa shape index (κ3) is 7.12. The Morgan fingerprint density at radius 3 is 2.59 bits per heavy atom. The number of aromatic nitrogens is 2. The van der Waals surface area contributed by atoms with Crippen LogP contribution in [0.5, 0.6) is 0 Å². The van der Waals surface area contributed by atoms with Crippen molar-refractivity contribution < 1.29 is 23.9 Å². The average Bonchev–Trinajstić information content (AvgIpc) is 2.99. The first kappa shape index (κ1) is 23.3. The van der Waals surface area contributed by atoms with E-state index in [2.05, 4.69) is 14.7 Å². The minimum Gasteiger partial charge on any atom is -0.469 e. The van der Waals surface area contributed by atoms with Crippen LogP contribution in [-0.2, 0) is 36.9 Å². The molecular formula is C23H28N4O5. The fourth-order valence-electron chi connectivity index (χ4n) is 3.47. The predicted molar refractivity (Wildman–Crippen MR) is 115 cm³/mol. The minimum atomic E-state index is -0.388. The molecule has 0 spiro atoms. The Morgan fingerprint density at radius 1 is 1.06 bits per heavy atom. The van der Waals surface area contributed by atoms with Crippen molar-refractivity contribution in [2.45, 2.75) is 32.0 Å². The molecule has 1 aliphatic rings. The van der Waals surface area contributed by atoms with E-state index in [0.717, 1.165) is 11.1 Å². The molecule has 1 aliphatic heterocycles. The summed E-state index contributed by atoms with van der Waals surface area (Å²) in [5.41, 5.74) is 1.92. The maximum absolute atomic E-state index is 12.9. The monoisotopic (exact) mass is 440 g/mol. The first-order chi connectivity index (χ1) is 15.5. The number of aryl methyl sites for hydroxylation is 1.